The molecule has 0 N–H and O–H groups in total. The monoisotopic (exact) mass is 388 g/mol. The summed E-state index contributed by atoms with van der Waals surface area (Å²) in [6.07, 6.45) is 5.23. The van der Waals surface area contributed by atoms with Gasteiger partial charge in [0.15, 0.2) is 10.8 Å². The first-order valence-electron chi connectivity index (χ1n) is 9.91. The largest absolute Gasteiger partial charge is 0.462 e. The highest BCUT2D eigenvalue weighted by Crippen LogP contribution is 2.24. The molecule has 6 nitrogen and oxygen atoms in total. The second-order valence-electron chi connectivity index (χ2n) is 7.61. The SMILES string of the molecule is CC1CCCCN1C(=O)CN1CCN(Cc2csc(-c3ccco3)n2)CC1. The summed E-state index contributed by atoms with van der Waals surface area (Å²) in [4.78, 5) is 24.1. The molecule has 1 unspecified atom stereocenters. The maximum atomic E-state index is 12.6. The molecule has 0 saturated carbocycles. The van der Waals surface area contributed by atoms with Crippen molar-refractivity contribution in [1.82, 2.24) is 19.7 Å². The Kier molecular flexibility index (Phi) is 5.90. The molecule has 2 fully saturated rings. The summed E-state index contributed by atoms with van der Waals surface area (Å²) in [5.41, 5.74) is 1.10. The number of hydrogen-bond acceptors (Lipinski definition) is 6. The normalized spacial score (nSPS) is 22.3. The van der Waals surface area contributed by atoms with Gasteiger partial charge < -0.3 is 9.32 Å². The van der Waals surface area contributed by atoms with Crippen molar-refractivity contribution in [3.8, 4) is 10.8 Å². The van der Waals surface area contributed by atoms with Crippen molar-refractivity contribution in [3.05, 3.63) is 29.5 Å². The summed E-state index contributed by atoms with van der Waals surface area (Å²) < 4.78 is 5.42. The minimum atomic E-state index is 0.304. The molecule has 2 saturated heterocycles. The summed E-state index contributed by atoms with van der Waals surface area (Å²) in [5.74, 6) is 1.14. The van der Waals surface area contributed by atoms with Crippen LogP contribution in [0.3, 0.4) is 0 Å². The van der Waals surface area contributed by atoms with Crippen LogP contribution in [0.2, 0.25) is 0 Å². The Balaban J connectivity index is 1.24. The molecule has 2 aliphatic heterocycles. The molecular weight excluding hydrogens is 360 g/mol. The number of aromatic nitrogens is 1. The second kappa shape index (κ2) is 8.54. The molecule has 2 aliphatic rings. The number of piperazine rings is 1. The van der Waals surface area contributed by atoms with Gasteiger partial charge in [-0.3, -0.25) is 14.6 Å². The number of carbonyl (C=O) groups is 1. The summed E-state index contributed by atoms with van der Waals surface area (Å²) in [7, 11) is 0. The molecular formula is C20H28N4O2S. The van der Waals surface area contributed by atoms with Gasteiger partial charge in [0.25, 0.3) is 0 Å². The first-order valence-corrected chi connectivity index (χ1v) is 10.8. The quantitative estimate of drug-likeness (QED) is 0.788. The maximum Gasteiger partial charge on any atom is 0.236 e. The third-order valence-electron chi connectivity index (χ3n) is 5.62. The Morgan fingerprint density at radius 3 is 2.78 bits per heavy atom. The van der Waals surface area contributed by atoms with Gasteiger partial charge in [0.05, 0.1) is 18.5 Å². The molecule has 0 bridgehead atoms. The Morgan fingerprint density at radius 1 is 1.22 bits per heavy atom. The van der Waals surface area contributed by atoms with Crippen molar-refractivity contribution in [2.75, 3.05) is 39.3 Å². The van der Waals surface area contributed by atoms with Gasteiger partial charge in [-0.15, -0.1) is 11.3 Å². The predicted molar refractivity (Wildman–Crippen MR) is 107 cm³/mol. The van der Waals surface area contributed by atoms with Gasteiger partial charge in [-0.25, -0.2) is 4.98 Å². The first-order chi connectivity index (χ1) is 13.2. The van der Waals surface area contributed by atoms with Crippen molar-refractivity contribution in [1.29, 1.82) is 0 Å². The van der Waals surface area contributed by atoms with E-state index in [9.17, 15) is 4.79 Å². The van der Waals surface area contributed by atoms with Crippen LogP contribution in [-0.4, -0.2) is 70.9 Å². The van der Waals surface area contributed by atoms with Crippen LogP contribution in [0.5, 0.6) is 0 Å². The molecule has 2 aromatic rings. The van der Waals surface area contributed by atoms with E-state index in [1.807, 2.05) is 12.1 Å². The highest BCUT2D eigenvalue weighted by atomic mass is 32.1. The zero-order valence-electron chi connectivity index (χ0n) is 16.0. The lowest BCUT2D eigenvalue weighted by molar-refractivity contribution is -0.136. The lowest BCUT2D eigenvalue weighted by Crippen LogP contribution is -2.51. The number of likely N-dealkylation sites (tertiary alicyclic amines) is 1. The molecule has 0 aliphatic carbocycles. The van der Waals surface area contributed by atoms with Gasteiger partial charge in [0.2, 0.25) is 5.91 Å². The van der Waals surface area contributed by atoms with Gasteiger partial charge in [0.1, 0.15) is 0 Å². The lowest BCUT2D eigenvalue weighted by atomic mass is 10.0. The summed E-state index contributed by atoms with van der Waals surface area (Å²) in [6, 6.07) is 4.24. The molecule has 0 aromatic carbocycles. The number of rotatable bonds is 5. The fourth-order valence-electron chi connectivity index (χ4n) is 3.98. The molecule has 2 aromatic heterocycles. The van der Waals surface area contributed by atoms with Crippen LogP contribution in [0.15, 0.2) is 28.2 Å². The molecule has 146 valence electrons. The average Bonchev–Trinajstić information content (AvgIpc) is 3.35. The van der Waals surface area contributed by atoms with E-state index >= 15 is 0 Å². The molecule has 4 rings (SSSR count). The van der Waals surface area contributed by atoms with Gasteiger partial charge >= 0.3 is 0 Å². The minimum absolute atomic E-state index is 0.304. The highest BCUT2D eigenvalue weighted by molar-refractivity contribution is 7.13. The smallest absolute Gasteiger partial charge is 0.236 e. The number of furan rings is 1. The second-order valence-corrected chi connectivity index (χ2v) is 8.46. The van der Waals surface area contributed by atoms with Crippen molar-refractivity contribution in [2.24, 2.45) is 0 Å². The van der Waals surface area contributed by atoms with Crippen molar-refractivity contribution in [2.45, 2.75) is 38.8 Å². The molecule has 0 radical (unpaired) electrons. The van der Waals surface area contributed by atoms with Crippen molar-refractivity contribution in [3.63, 3.8) is 0 Å². The Hall–Kier alpha value is -1.70. The standard InChI is InChI=1S/C20H28N4O2S/c1-16-5-2-3-7-24(16)19(25)14-23-10-8-22(9-11-23)13-17-15-27-20(21-17)18-6-4-12-26-18/h4,6,12,15-16H,2-3,5,7-11,13-14H2,1H3. The fourth-order valence-corrected chi connectivity index (χ4v) is 4.76. The Bertz CT molecular complexity index is 737. The van der Waals surface area contributed by atoms with Gasteiger partial charge in [-0.05, 0) is 38.3 Å². The highest BCUT2D eigenvalue weighted by Gasteiger charge is 2.26. The van der Waals surface area contributed by atoms with Crippen LogP contribution in [-0.2, 0) is 11.3 Å². The molecule has 1 amide bonds. The predicted octanol–water partition coefficient (Wildman–Crippen LogP) is 2.92. The third kappa shape index (κ3) is 4.59. The molecule has 1 atom stereocenters. The molecule has 27 heavy (non-hydrogen) atoms. The van der Waals surface area contributed by atoms with Crippen LogP contribution in [0, 0.1) is 0 Å². The van der Waals surface area contributed by atoms with Crippen LogP contribution in [0.4, 0.5) is 0 Å². The number of nitrogens with zero attached hydrogens (tertiary/aromatic N) is 4. The van der Waals surface area contributed by atoms with E-state index in [4.69, 9.17) is 9.40 Å². The van der Waals surface area contributed by atoms with Gasteiger partial charge in [-0.1, -0.05) is 0 Å². The number of carbonyl (C=O) groups excluding carboxylic acids is 1. The third-order valence-corrected chi connectivity index (χ3v) is 6.52. The van der Waals surface area contributed by atoms with Crippen LogP contribution in [0.1, 0.15) is 31.9 Å². The first kappa shape index (κ1) is 18.7. The molecule has 0 spiro atoms. The number of amides is 1. The van der Waals surface area contributed by atoms with Gasteiger partial charge in [0, 0.05) is 50.7 Å². The van der Waals surface area contributed by atoms with E-state index in [2.05, 4.69) is 27.0 Å². The van der Waals surface area contributed by atoms with Gasteiger partial charge in [-0.2, -0.15) is 0 Å². The lowest BCUT2D eigenvalue weighted by Gasteiger charge is -2.37. The Morgan fingerprint density at radius 2 is 2.04 bits per heavy atom. The topological polar surface area (TPSA) is 52.8 Å². The van der Waals surface area contributed by atoms with Crippen molar-refractivity contribution >= 4 is 17.2 Å². The van der Waals surface area contributed by atoms with E-state index in [1.54, 1.807) is 17.6 Å². The summed E-state index contributed by atoms with van der Waals surface area (Å²) in [5, 5.41) is 3.06. The van der Waals surface area contributed by atoms with E-state index in [0.29, 0.717) is 18.5 Å². The zero-order valence-corrected chi connectivity index (χ0v) is 16.8. The molecule has 4 heterocycles. The number of piperidine rings is 1. The van der Waals surface area contributed by atoms with E-state index in [1.165, 1.54) is 6.42 Å². The Labute approximate surface area is 164 Å². The fraction of sp³-hybridized carbons (Fsp3) is 0.600. The van der Waals surface area contributed by atoms with E-state index in [-0.39, 0.29) is 0 Å². The summed E-state index contributed by atoms with van der Waals surface area (Å²) >= 11 is 1.63. The van der Waals surface area contributed by atoms with Crippen molar-refractivity contribution < 1.29 is 9.21 Å². The van der Waals surface area contributed by atoms with Crippen LogP contribution < -0.4 is 0 Å². The maximum absolute atomic E-state index is 12.6. The average molecular weight is 389 g/mol. The van der Waals surface area contributed by atoms with Crippen LogP contribution in [0.25, 0.3) is 10.8 Å². The number of hydrogen-bond donors (Lipinski definition) is 0. The summed E-state index contributed by atoms with van der Waals surface area (Å²) in [6.45, 7) is 8.40. The van der Waals surface area contributed by atoms with E-state index < -0.39 is 0 Å². The van der Waals surface area contributed by atoms with E-state index in [0.717, 1.165) is 68.6 Å². The van der Waals surface area contributed by atoms with Crippen LogP contribution >= 0.6 is 11.3 Å². The minimum Gasteiger partial charge on any atom is -0.462 e. The molecule has 7 heteroatoms. The zero-order chi connectivity index (χ0) is 18.6. The number of thiazole rings is 1.